The molecule has 0 amide bonds. The third-order valence-corrected chi connectivity index (χ3v) is 5.94. The zero-order chi connectivity index (χ0) is 19.2. The van der Waals surface area contributed by atoms with Crippen molar-refractivity contribution in [1.29, 1.82) is 0 Å². The highest BCUT2D eigenvalue weighted by Crippen LogP contribution is 2.58. The van der Waals surface area contributed by atoms with E-state index in [-0.39, 0.29) is 31.0 Å². The average molecular weight is 372 g/mol. The van der Waals surface area contributed by atoms with Crippen molar-refractivity contribution in [2.75, 3.05) is 21.0 Å². The van der Waals surface area contributed by atoms with Crippen LogP contribution in [-0.2, 0) is 19.0 Å². The molecule has 27 heavy (non-hydrogen) atoms. The van der Waals surface area contributed by atoms with Crippen LogP contribution in [0.15, 0.2) is 42.5 Å². The van der Waals surface area contributed by atoms with Gasteiger partial charge in [-0.15, -0.1) is 6.58 Å². The number of carbonyl (C=O) groups is 1. The number of allylic oxidation sites excluding steroid dienone is 2. The number of ketones is 1. The number of hydrogen-bond donors (Lipinski definition) is 0. The van der Waals surface area contributed by atoms with Crippen LogP contribution in [-0.4, -0.2) is 38.2 Å². The van der Waals surface area contributed by atoms with E-state index >= 15 is 0 Å². The van der Waals surface area contributed by atoms with Gasteiger partial charge in [-0.25, -0.2) is 0 Å². The minimum atomic E-state index is -1.18. The number of benzene rings is 1. The van der Waals surface area contributed by atoms with Crippen LogP contribution in [0.5, 0.6) is 11.5 Å². The molecule has 2 aliphatic heterocycles. The monoisotopic (exact) mass is 372 g/mol. The Labute approximate surface area is 158 Å². The Bertz CT molecular complexity index is 815. The van der Waals surface area contributed by atoms with Crippen LogP contribution in [0.25, 0.3) is 0 Å². The van der Waals surface area contributed by atoms with Crippen molar-refractivity contribution in [3.05, 3.63) is 48.1 Å². The minimum Gasteiger partial charge on any atom is -0.454 e. The molecular formula is C21H24O6. The van der Waals surface area contributed by atoms with Gasteiger partial charge in [-0.2, -0.15) is 0 Å². The molecular weight excluding hydrogens is 348 g/mol. The molecule has 1 saturated heterocycles. The fourth-order valence-electron chi connectivity index (χ4n) is 4.51. The smallest absolute Gasteiger partial charge is 0.231 e. The molecule has 1 aliphatic carbocycles. The van der Waals surface area contributed by atoms with Crippen LogP contribution < -0.4 is 9.47 Å². The average Bonchev–Trinajstić information content (AvgIpc) is 3.24. The SMILES string of the molecule is C=CCC1=C[C@]2(OC)[C@H](C)[C@@H](c3ccc4c(c3)OCO4)O[C@]2(OC)CC1=O. The summed E-state index contributed by atoms with van der Waals surface area (Å²) in [4.78, 5) is 12.7. The maximum Gasteiger partial charge on any atom is 0.231 e. The number of Topliss-reactive ketones (excluding diaryl/α,β-unsaturated/α-hetero) is 1. The Kier molecular flexibility index (Phi) is 4.37. The quantitative estimate of drug-likeness (QED) is 0.739. The second kappa shape index (κ2) is 6.48. The van der Waals surface area contributed by atoms with E-state index in [1.807, 2.05) is 24.3 Å². The van der Waals surface area contributed by atoms with E-state index < -0.39 is 11.4 Å². The Hall–Kier alpha value is -2.15. The molecule has 1 aromatic carbocycles. The molecule has 0 radical (unpaired) electrons. The van der Waals surface area contributed by atoms with E-state index in [0.717, 1.165) is 5.56 Å². The zero-order valence-electron chi connectivity index (χ0n) is 15.8. The third kappa shape index (κ3) is 2.47. The summed E-state index contributed by atoms with van der Waals surface area (Å²) in [7, 11) is 3.19. The highest BCUT2D eigenvalue weighted by atomic mass is 16.7. The molecule has 4 rings (SSSR count). The van der Waals surface area contributed by atoms with E-state index in [0.29, 0.717) is 23.5 Å². The lowest BCUT2D eigenvalue weighted by Crippen LogP contribution is -2.58. The Morgan fingerprint density at radius 1 is 1.26 bits per heavy atom. The minimum absolute atomic E-state index is 0.0111. The topological polar surface area (TPSA) is 63.2 Å². The van der Waals surface area contributed by atoms with E-state index in [2.05, 4.69) is 13.5 Å². The lowest BCUT2D eigenvalue weighted by molar-refractivity contribution is -0.274. The first-order valence-electron chi connectivity index (χ1n) is 9.03. The first-order valence-corrected chi connectivity index (χ1v) is 9.03. The summed E-state index contributed by atoms with van der Waals surface area (Å²) in [5.74, 6) is 0.117. The van der Waals surface area contributed by atoms with E-state index in [1.165, 1.54) is 0 Å². The number of fused-ring (bicyclic) bond motifs is 2. The predicted molar refractivity (Wildman–Crippen MR) is 97.6 cm³/mol. The van der Waals surface area contributed by atoms with Crippen molar-refractivity contribution in [1.82, 2.24) is 0 Å². The van der Waals surface area contributed by atoms with Gasteiger partial charge in [0, 0.05) is 20.1 Å². The summed E-state index contributed by atoms with van der Waals surface area (Å²) in [5.41, 5.74) is 0.733. The molecule has 3 aliphatic rings. The van der Waals surface area contributed by atoms with Crippen LogP contribution >= 0.6 is 0 Å². The third-order valence-electron chi connectivity index (χ3n) is 5.94. The second-order valence-electron chi connectivity index (χ2n) is 7.16. The Morgan fingerprint density at radius 2 is 2.04 bits per heavy atom. The Balaban J connectivity index is 1.79. The maximum absolute atomic E-state index is 12.7. The van der Waals surface area contributed by atoms with Gasteiger partial charge in [0.25, 0.3) is 0 Å². The molecule has 0 bridgehead atoms. The first-order chi connectivity index (χ1) is 13.0. The number of methoxy groups -OCH3 is 2. The molecule has 6 heteroatoms. The summed E-state index contributed by atoms with van der Waals surface area (Å²) in [6, 6.07) is 5.75. The van der Waals surface area contributed by atoms with Crippen molar-refractivity contribution in [3.63, 3.8) is 0 Å². The van der Waals surface area contributed by atoms with Crippen LogP contribution in [0.2, 0.25) is 0 Å². The summed E-state index contributed by atoms with van der Waals surface area (Å²) in [5, 5.41) is 0. The highest BCUT2D eigenvalue weighted by Gasteiger charge is 2.67. The lowest BCUT2D eigenvalue weighted by atomic mass is 9.72. The summed E-state index contributed by atoms with van der Waals surface area (Å²) in [6.45, 7) is 6.02. The van der Waals surface area contributed by atoms with E-state index in [9.17, 15) is 4.79 Å². The van der Waals surface area contributed by atoms with Crippen LogP contribution in [0.3, 0.4) is 0 Å². The lowest BCUT2D eigenvalue weighted by Gasteiger charge is -2.44. The maximum atomic E-state index is 12.7. The molecule has 0 saturated carbocycles. The molecule has 0 N–H and O–H groups in total. The number of ether oxygens (including phenoxy) is 5. The van der Waals surface area contributed by atoms with Gasteiger partial charge in [0.05, 0.1) is 12.5 Å². The number of hydrogen-bond acceptors (Lipinski definition) is 6. The zero-order valence-corrected chi connectivity index (χ0v) is 15.8. The van der Waals surface area contributed by atoms with Crippen molar-refractivity contribution in [2.45, 2.75) is 37.3 Å². The van der Waals surface area contributed by atoms with Gasteiger partial charge in [-0.05, 0) is 35.8 Å². The molecule has 0 aromatic heterocycles. The summed E-state index contributed by atoms with van der Waals surface area (Å²) in [6.07, 6.45) is 3.87. The standard InChI is InChI=1S/C21H24O6/c1-5-6-15-10-20(23-3)13(2)19(27-21(20,24-4)11-16(15)22)14-7-8-17-18(9-14)26-12-25-17/h5,7-10,13,19H,1,6,11-12H2,2-4H3/t13-,19+,20+,21-/m1/s1. The van der Waals surface area contributed by atoms with Crippen LogP contribution in [0, 0.1) is 5.92 Å². The summed E-state index contributed by atoms with van der Waals surface area (Å²) >= 11 is 0. The van der Waals surface area contributed by atoms with Crippen molar-refractivity contribution in [2.24, 2.45) is 5.92 Å². The van der Waals surface area contributed by atoms with Crippen LogP contribution in [0.4, 0.5) is 0 Å². The number of carbonyl (C=O) groups excluding carboxylic acids is 1. The molecule has 1 fully saturated rings. The van der Waals surface area contributed by atoms with Crippen molar-refractivity contribution >= 4 is 5.78 Å². The van der Waals surface area contributed by atoms with Gasteiger partial charge in [-0.3, -0.25) is 4.79 Å². The first kappa shape index (κ1) is 18.2. The second-order valence-corrected chi connectivity index (χ2v) is 7.16. The Morgan fingerprint density at radius 3 is 2.74 bits per heavy atom. The van der Waals surface area contributed by atoms with Gasteiger partial charge < -0.3 is 23.7 Å². The van der Waals surface area contributed by atoms with Crippen molar-refractivity contribution in [3.8, 4) is 11.5 Å². The van der Waals surface area contributed by atoms with Crippen LogP contribution in [0.1, 0.15) is 31.4 Å². The van der Waals surface area contributed by atoms with Gasteiger partial charge in [0.15, 0.2) is 17.3 Å². The van der Waals surface area contributed by atoms with Gasteiger partial charge in [0.2, 0.25) is 12.6 Å². The normalized spacial score (nSPS) is 34.3. The van der Waals surface area contributed by atoms with Gasteiger partial charge in [-0.1, -0.05) is 19.1 Å². The van der Waals surface area contributed by atoms with E-state index in [1.54, 1.807) is 20.3 Å². The summed E-state index contributed by atoms with van der Waals surface area (Å²) < 4.78 is 29.1. The van der Waals surface area contributed by atoms with Crippen molar-refractivity contribution < 1.29 is 28.5 Å². The van der Waals surface area contributed by atoms with Gasteiger partial charge >= 0.3 is 0 Å². The highest BCUT2D eigenvalue weighted by molar-refractivity contribution is 5.97. The molecule has 2 heterocycles. The molecule has 4 atom stereocenters. The molecule has 1 aromatic rings. The van der Waals surface area contributed by atoms with Gasteiger partial charge in [0.1, 0.15) is 5.60 Å². The molecule has 6 nitrogen and oxygen atoms in total. The molecule has 0 unspecified atom stereocenters. The molecule has 144 valence electrons. The fourth-order valence-corrected chi connectivity index (χ4v) is 4.51. The van der Waals surface area contributed by atoms with E-state index in [4.69, 9.17) is 23.7 Å². The molecule has 0 spiro atoms. The fraction of sp³-hybridized carbons (Fsp3) is 0.476. The predicted octanol–water partition coefficient (Wildman–Crippen LogP) is 3.33. The largest absolute Gasteiger partial charge is 0.454 e. The number of rotatable bonds is 5.